The number of aliphatic carboxylic acids is 1. The van der Waals surface area contributed by atoms with E-state index in [2.05, 4.69) is 12.2 Å². The number of nitrogens with one attached hydrogen (secondary N) is 1. The average molecular weight is 404 g/mol. The number of unbranched alkanes of at least 4 members (excludes halogenated alkanes) is 7. The molecule has 0 aromatic heterocycles. The maximum absolute atomic E-state index is 11.3. The highest BCUT2D eigenvalue weighted by Gasteiger charge is 2.04. The van der Waals surface area contributed by atoms with Gasteiger partial charge in [0.25, 0.3) is 0 Å². The van der Waals surface area contributed by atoms with Crippen LogP contribution in [0.15, 0.2) is 0 Å². The van der Waals surface area contributed by atoms with Crippen LogP contribution in [0, 0.1) is 0 Å². The molecule has 0 fully saturated rings. The molecule has 0 unspecified atom stereocenters. The van der Waals surface area contributed by atoms with Crippen LogP contribution in [0.25, 0.3) is 0 Å². The highest BCUT2D eigenvalue weighted by atomic mass is 16.5. The van der Waals surface area contributed by atoms with E-state index in [-0.39, 0.29) is 18.7 Å². The van der Waals surface area contributed by atoms with Crippen molar-refractivity contribution in [3.63, 3.8) is 0 Å². The van der Waals surface area contributed by atoms with Gasteiger partial charge in [-0.2, -0.15) is 0 Å². The summed E-state index contributed by atoms with van der Waals surface area (Å²) in [5, 5.41) is 11.1. The third kappa shape index (κ3) is 22.9. The van der Waals surface area contributed by atoms with E-state index < -0.39 is 5.97 Å². The summed E-state index contributed by atoms with van der Waals surface area (Å²) in [6, 6.07) is 0. The number of carbonyl (C=O) groups excluding carboxylic acids is 1. The van der Waals surface area contributed by atoms with Gasteiger partial charge in [0.05, 0.1) is 32.8 Å². The molecule has 0 radical (unpaired) electrons. The number of amides is 1. The lowest BCUT2D eigenvalue weighted by Crippen LogP contribution is -2.25. The normalized spacial score (nSPS) is 10.9. The lowest BCUT2D eigenvalue weighted by atomic mass is 10.1. The minimum atomic E-state index is -0.961. The van der Waals surface area contributed by atoms with Gasteiger partial charge < -0.3 is 24.6 Å². The van der Waals surface area contributed by atoms with Crippen LogP contribution in [0.5, 0.6) is 0 Å². The van der Waals surface area contributed by atoms with Crippen LogP contribution in [0.1, 0.15) is 77.6 Å². The van der Waals surface area contributed by atoms with Gasteiger partial charge in [-0.05, 0) is 12.8 Å². The number of rotatable bonds is 22. The zero-order chi connectivity index (χ0) is 20.7. The first-order valence-electron chi connectivity index (χ1n) is 10.9. The molecule has 0 aliphatic heterocycles. The van der Waals surface area contributed by atoms with E-state index in [4.69, 9.17) is 19.3 Å². The summed E-state index contributed by atoms with van der Waals surface area (Å²) in [6.45, 7) is 6.35. The van der Waals surface area contributed by atoms with E-state index in [0.717, 1.165) is 13.0 Å². The van der Waals surface area contributed by atoms with Crippen LogP contribution in [-0.4, -0.2) is 63.2 Å². The minimum absolute atomic E-state index is 0.0190. The standard InChI is InChI=1S/C21H41NO6/c1-2-3-4-5-6-7-8-9-14-26-16-18-28-19-17-27-15-10-13-22-20(23)11-12-21(24)25/h2-19H2,1H3,(H,22,23)(H,24,25). The van der Waals surface area contributed by atoms with Gasteiger partial charge in [0.2, 0.25) is 5.91 Å². The molecule has 166 valence electrons. The molecule has 0 aliphatic carbocycles. The SMILES string of the molecule is CCCCCCCCCCOCCOCCOCCCNC(=O)CCC(=O)O. The molecule has 0 bridgehead atoms. The third-order valence-electron chi connectivity index (χ3n) is 4.24. The summed E-state index contributed by atoms with van der Waals surface area (Å²) < 4.78 is 16.4. The van der Waals surface area contributed by atoms with Gasteiger partial charge in [0.15, 0.2) is 0 Å². The first-order valence-corrected chi connectivity index (χ1v) is 10.9. The van der Waals surface area contributed by atoms with Crippen molar-refractivity contribution in [2.24, 2.45) is 0 Å². The van der Waals surface area contributed by atoms with Crippen LogP contribution in [-0.2, 0) is 23.8 Å². The van der Waals surface area contributed by atoms with E-state index in [0.29, 0.717) is 46.0 Å². The lowest BCUT2D eigenvalue weighted by Gasteiger charge is -2.07. The first-order chi connectivity index (χ1) is 13.7. The number of hydrogen-bond acceptors (Lipinski definition) is 5. The van der Waals surface area contributed by atoms with Crippen LogP contribution in [0.4, 0.5) is 0 Å². The number of ether oxygens (including phenoxy) is 3. The Labute approximate surface area is 170 Å². The summed E-state index contributed by atoms with van der Waals surface area (Å²) in [7, 11) is 0. The second-order valence-electron chi connectivity index (χ2n) is 6.91. The molecule has 1 amide bonds. The Morgan fingerprint density at radius 3 is 1.75 bits per heavy atom. The fourth-order valence-corrected chi connectivity index (χ4v) is 2.59. The minimum Gasteiger partial charge on any atom is -0.481 e. The van der Waals surface area contributed by atoms with Gasteiger partial charge in [-0.3, -0.25) is 9.59 Å². The van der Waals surface area contributed by atoms with Crippen molar-refractivity contribution in [1.82, 2.24) is 5.32 Å². The van der Waals surface area contributed by atoms with Crippen LogP contribution in [0.2, 0.25) is 0 Å². The molecule has 7 heteroatoms. The van der Waals surface area contributed by atoms with Gasteiger partial charge in [-0.15, -0.1) is 0 Å². The van der Waals surface area contributed by atoms with E-state index in [1.54, 1.807) is 0 Å². The summed E-state index contributed by atoms with van der Waals surface area (Å²) >= 11 is 0. The van der Waals surface area contributed by atoms with Gasteiger partial charge >= 0.3 is 5.97 Å². The monoisotopic (exact) mass is 403 g/mol. The molecule has 0 aromatic rings. The van der Waals surface area contributed by atoms with Crippen molar-refractivity contribution >= 4 is 11.9 Å². The molecule has 0 aliphatic rings. The maximum Gasteiger partial charge on any atom is 0.303 e. The van der Waals surface area contributed by atoms with E-state index in [1.165, 1.54) is 44.9 Å². The van der Waals surface area contributed by atoms with Crippen LogP contribution in [0.3, 0.4) is 0 Å². The fourth-order valence-electron chi connectivity index (χ4n) is 2.59. The Balaban J connectivity index is 3.08. The zero-order valence-corrected chi connectivity index (χ0v) is 17.7. The molecular formula is C21H41NO6. The third-order valence-corrected chi connectivity index (χ3v) is 4.24. The molecule has 0 atom stereocenters. The number of carboxylic acid groups (broad SMARTS) is 1. The topological polar surface area (TPSA) is 94.1 Å². The molecule has 0 saturated carbocycles. The van der Waals surface area contributed by atoms with Crippen LogP contribution < -0.4 is 5.32 Å². The molecule has 7 nitrogen and oxygen atoms in total. The van der Waals surface area contributed by atoms with E-state index in [9.17, 15) is 9.59 Å². The fraction of sp³-hybridized carbons (Fsp3) is 0.905. The molecule has 28 heavy (non-hydrogen) atoms. The summed E-state index contributed by atoms with van der Waals surface area (Å²) in [6.07, 6.45) is 11.0. The van der Waals surface area contributed by atoms with Crippen molar-refractivity contribution < 1.29 is 28.9 Å². The number of hydrogen-bond donors (Lipinski definition) is 2. The Morgan fingerprint density at radius 1 is 0.679 bits per heavy atom. The smallest absolute Gasteiger partial charge is 0.303 e. The predicted molar refractivity (Wildman–Crippen MR) is 110 cm³/mol. The molecule has 0 saturated heterocycles. The Hall–Kier alpha value is -1.18. The molecule has 2 N–H and O–H groups in total. The lowest BCUT2D eigenvalue weighted by molar-refractivity contribution is -0.138. The average Bonchev–Trinajstić information content (AvgIpc) is 2.68. The molecule has 0 aromatic carbocycles. The highest BCUT2D eigenvalue weighted by molar-refractivity contribution is 5.80. The summed E-state index contributed by atoms with van der Waals surface area (Å²) in [5.41, 5.74) is 0. The highest BCUT2D eigenvalue weighted by Crippen LogP contribution is 2.08. The molecule has 0 heterocycles. The predicted octanol–water partition coefficient (Wildman–Crippen LogP) is 3.55. The van der Waals surface area contributed by atoms with Crippen molar-refractivity contribution in [3.8, 4) is 0 Å². The van der Waals surface area contributed by atoms with Gasteiger partial charge in [0.1, 0.15) is 0 Å². The Morgan fingerprint density at radius 2 is 1.18 bits per heavy atom. The number of carboxylic acids is 1. The largest absolute Gasteiger partial charge is 0.481 e. The van der Waals surface area contributed by atoms with Crippen molar-refractivity contribution in [3.05, 3.63) is 0 Å². The molecule has 0 spiro atoms. The van der Waals surface area contributed by atoms with Gasteiger partial charge in [-0.1, -0.05) is 51.9 Å². The van der Waals surface area contributed by atoms with Crippen molar-refractivity contribution in [2.45, 2.75) is 77.6 Å². The molecular weight excluding hydrogens is 362 g/mol. The van der Waals surface area contributed by atoms with Crippen molar-refractivity contribution in [2.75, 3.05) is 46.2 Å². The molecule has 0 rings (SSSR count). The maximum atomic E-state index is 11.3. The first kappa shape index (κ1) is 26.8. The zero-order valence-electron chi connectivity index (χ0n) is 17.7. The Kier molecular flexibility index (Phi) is 21.2. The van der Waals surface area contributed by atoms with Crippen LogP contribution >= 0.6 is 0 Å². The second kappa shape index (κ2) is 22.1. The van der Waals surface area contributed by atoms with E-state index >= 15 is 0 Å². The van der Waals surface area contributed by atoms with Crippen molar-refractivity contribution in [1.29, 1.82) is 0 Å². The Bertz CT molecular complexity index is 365. The quantitative estimate of drug-likeness (QED) is 0.269. The summed E-state index contributed by atoms with van der Waals surface area (Å²) in [4.78, 5) is 21.6. The summed E-state index contributed by atoms with van der Waals surface area (Å²) in [5.74, 6) is -1.20. The number of carbonyl (C=O) groups is 2. The van der Waals surface area contributed by atoms with E-state index in [1.807, 2.05) is 0 Å². The van der Waals surface area contributed by atoms with Gasteiger partial charge in [-0.25, -0.2) is 0 Å². The van der Waals surface area contributed by atoms with Gasteiger partial charge in [0, 0.05) is 26.2 Å². The second-order valence-corrected chi connectivity index (χ2v) is 6.91.